The fraction of sp³-hybridized carbons (Fsp3) is 0.875. The molecule has 0 aromatic heterocycles. The lowest BCUT2D eigenvalue weighted by atomic mass is 9.82. The summed E-state index contributed by atoms with van der Waals surface area (Å²) in [5.41, 5.74) is 0.547. The van der Waals surface area contributed by atoms with E-state index in [1.54, 1.807) is 0 Å². The summed E-state index contributed by atoms with van der Waals surface area (Å²) in [6, 6.07) is 0. The average molecular weight is 170 g/mol. The van der Waals surface area contributed by atoms with Gasteiger partial charge in [0, 0.05) is 6.54 Å². The van der Waals surface area contributed by atoms with Crippen molar-refractivity contribution in [2.75, 3.05) is 13.2 Å². The SMILES string of the molecule is OOC12CCCCC1=NCNC2. The minimum absolute atomic E-state index is 0.490. The van der Waals surface area contributed by atoms with Crippen LogP contribution in [0.3, 0.4) is 0 Å². The van der Waals surface area contributed by atoms with Crippen LogP contribution in [0.5, 0.6) is 0 Å². The molecule has 0 amide bonds. The maximum absolute atomic E-state index is 8.86. The third-order valence-electron chi connectivity index (χ3n) is 2.74. The molecule has 1 aliphatic heterocycles. The van der Waals surface area contributed by atoms with E-state index in [0.717, 1.165) is 25.0 Å². The van der Waals surface area contributed by atoms with Crippen LogP contribution in [0.25, 0.3) is 0 Å². The second-order valence-corrected chi connectivity index (χ2v) is 3.48. The van der Waals surface area contributed by atoms with Crippen LogP contribution in [-0.4, -0.2) is 29.8 Å². The van der Waals surface area contributed by atoms with Gasteiger partial charge < -0.3 is 0 Å². The zero-order valence-corrected chi connectivity index (χ0v) is 7.05. The molecule has 2 N–H and O–H groups in total. The van der Waals surface area contributed by atoms with E-state index >= 15 is 0 Å². The molecule has 0 aromatic carbocycles. The molecule has 1 saturated carbocycles. The van der Waals surface area contributed by atoms with Crippen LogP contribution in [0.15, 0.2) is 4.99 Å². The molecule has 4 heteroatoms. The molecule has 1 aliphatic carbocycles. The van der Waals surface area contributed by atoms with Gasteiger partial charge in [-0.15, -0.1) is 0 Å². The Kier molecular flexibility index (Phi) is 2.12. The summed E-state index contributed by atoms with van der Waals surface area (Å²) in [6.07, 6.45) is 4.14. The van der Waals surface area contributed by atoms with E-state index < -0.39 is 5.60 Å². The van der Waals surface area contributed by atoms with Crippen molar-refractivity contribution in [3.05, 3.63) is 0 Å². The minimum Gasteiger partial charge on any atom is -0.295 e. The monoisotopic (exact) mass is 170 g/mol. The van der Waals surface area contributed by atoms with Gasteiger partial charge >= 0.3 is 0 Å². The second kappa shape index (κ2) is 3.12. The van der Waals surface area contributed by atoms with Crippen LogP contribution in [0.4, 0.5) is 0 Å². The van der Waals surface area contributed by atoms with Crippen molar-refractivity contribution in [3.63, 3.8) is 0 Å². The first-order valence-corrected chi connectivity index (χ1v) is 4.44. The van der Waals surface area contributed by atoms with Crippen molar-refractivity contribution < 1.29 is 10.1 Å². The van der Waals surface area contributed by atoms with E-state index in [9.17, 15) is 0 Å². The highest BCUT2D eigenvalue weighted by Crippen LogP contribution is 2.29. The molecule has 1 unspecified atom stereocenters. The predicted octanol–water partition coefficient (Wildman–Crippen LogP) is 0.790. The number of aliphatic imine (C=N–C) groups is 1. The zero-order chi connectivity index (χ0) is 8.44. The van der Waals surface area contributed by atoms with Gasteiger partial charge in [0.2, 0.25) is 0 Å². The lowest BCUT2D eigenvalue weighted by Crippen LogP contribution is -2.54. The summed E-state index contributed by atoms with van der Waals surface area (Å²) in [7, 11) is 0. The third kappa shape index (κ3) is 1.16. The van der Waals surface area contributed by atoms with Crippen molar-refractivity contribution in [3.8, 4) is 0 Å². The van der Waals surface area contributed by atoms with Crippen LogP contribution in [0.2, 0.25) is 0 Å². The number of hydrogen-bond acceptors (Lipinski definition) is 4. The van der Waals surface area contributed by atoms with E-state index in [2.05, 4.69) is 15.2 Å². The molecule has 2 aliphatic rings. The number of rotatable bonds is 1. The van der Waals surface area contributed by atoms with Gasteiger partial charge in [0.05, 0.1) is 12.4 Å². The molecule has 1 heterocycles. The largest absolute Gasteiger partial charge is 0.295 e. The summed E-state index contributed by atoms with van der Waals surface area (Å²) in [5, 5.41) is 12.0. The maximum Gasteiger partial charge on any atom is 0.153 e. The number of fused-ring (bicyclic) bond motifs is 1. The van der Waals surface area contributed by atoms with Gasteiger partial charge in [-0.2, -0.15) is 0 Å². The molecule has 0 aromatic rings. The van der Waals surface area contributed by atoms with Crippen LogP contribution in [0.1, 0.15) is 25.7 Å². The van der Waals surface area contributed by atoms with E-state index in [0.29, 0.717) is 13.2 Å². The Hall–Kier alpha value is -0.450. The maximum atomic E-state index is 8.86. The molecular formula is C8H14N2O2. The van der Waals surface area contributed by atoms with Crippen molar-refractivity contribution in [1.82, 2.24) is 5.32 Å². The van der Waals surface area contributed by atoms with Crippen LogP contribution < -0.4 is 5.32 Å². The highest BCUT2D eigenvalue weighted by atomic mass is 17.1. The van der Waals surface area contributed by atoms with E-state index in [4.69, 9.17) is 5.26 Å². The van der Waals surface area contributed by atoms with Gasteiger partial charge in [0.25, 0.3) is 0 Å². The molecule has 0 saturated heterocycles. The van der Waals surface area contributed by atoms with Gasteiger partial charge in [-0.05, 0) is 25.7 Å². The zero-order valence-electron chi connectivity index (χ0n) is 7.05. The molecule has 12 heavy (non-hydrogen) atoms. The van der Waals surface area contributed by atoms with Crippen molar-refractivity contribution in [1.29, 1.82) is 0 Å². The number of hydrogen-bond donors (Lipinski definition) is 2. The molecular weight excluding hydrogens is 156 g/mol. The first-order valence-electron chi connectivity index (χ1n) is 4.44. The summed E-state index contributed by atoms with van der Waals surface area (Å²) >= 11 is 0. The molecule has 2 rings (SSSR count). The van der Waals surface area contributed by atoms with Gasteiger partial charge in [-0.1, -0.05) is 0 Å². The fourth-order valence-corrected chi connectivity index (χ4v) is 2.03. The normalized spacial score (nSPS) is 35.6. The molecule has 1 atom stereocenters. The Bertz CT molecular complexity index is 205. The Morgan fingerprint density at radius 1 is 1.50 bits per heavy atom. The van der Waals surface area contributed by atoms with Gasteiger partial charge in [0.15, 0.2) is 5.60 Å². The summed E-state index contributed by atoms with van der Waals surface area (Å²) in [4.78, 5) is 8.90. The minimum atomic E-state index is -0.490. The Morgan fingerprint density at radius 2 is 2.42 bits per heavy atom. The molecule has 0 bridgehead atoms. The third-order valence-corrected chi connectivity index (χ3v) is 2.74. The van der Waals surface area contributed by atoms with Crippen LogP contribution in [-0.2, 0) is 4.89 Å². The summed E-state index contributed by atoms with van der Waals surface area (Å²) < 4.78 is 0. The Morgan fingerprint density at radius 3 is 3.17 bits per heavy atom. The topological polar surface area (TPSA) is 53.9 Å². The molecule has 0 radical (unpaired) electrons. The van der Waals surface area contributed by atoms with Crippen LogP contribution in [0, 0.1) is 0 Å². The molecule has 1 fully saturated rings. The lowest BCUT2D eigenvalue weighted by Gasteiger charge is -2.38. The Balaban J connectivity index is 2.23. The first-order chi connectivity index (χ1) is 5.87. The predicted molar refractivity (Wildman–Crippen MR) is 45.2 cm³/mol. The first kappa shape index (κ1) is 8.16. The standard InChI is InChI=1S/C8H14N2O2/c11-12-8-4-2-1-3-7(8)10-6-9-5-8/h9,11H,1-6H2. The van der Waals surface area contributed by atoms with Gasteiger partial charge in [0.1, 0.15) is 0 Å². The Labute approximate surface area is 71.6 Å². The van der Waals surface area contributed by atoms with Crippen molar-refractivity contribution >= 4 is 5.71 Å². The van der Waals surface area contributed by atoms with Crippen molar-refractivity contribution in [2.45, 2.75) is 31.3 Å². The highest BCUT2D eigenvalue weighted by Gasteiger charge is 2.40. The smallest absolute Gasteiger partial charge is 0.153 e. The number of nitrogens with zero attached hydrogens (tertiary/aromatic N) is 1. The van der Waals surface area contributed by atoms with E-state index in [1.807, 2.05) is 0 Å². The van der Waals surface area contributed by atoms with Gasteiger partial charge in [-0.3, -0.25) is 15.6 Å². The molecule has 4 nitrogen and oxygen atoms in total. The molecule has 68 valence electrons. The van der Waals surface area contributed by atoms with Crippen molar-refractivity contribution in [2.24, 2.45) is 4.99 Å². The highest BCUT2D eigenvalue weighted by molar-refractivity contribution is 5.94. The average Bonchev–Trinajstić information content (AvgIpc) is 2.18. The van der Waals surface area contributed by atoms with Crippen LogP contribution >= 0.6 is 0 Å². The van der Waals surface area contributed by atoms with E-state index in [-0.39, 0.29) is 0 Å². The summed E-state index contributed by atoms with van der Waals surface area (Å²) in [6.45, 7) is 1.36. The van der Waals surface area contributed by atoms with Gasteiger partial charge in [-0.25, -0.2) is 4.89 Å². The number of nitrogens with one attached hydrogen (secondary N) is 1. The second-order valence-electron chi connectivity index (χ2n) is 3.48. The summed E-state index contributed by atoms with van der Waals surface area (Å²) in [5.74, 6) is 0. The fourth-order valence-electron chi connectivity index (χ4n) is 2.03. The quantitative estimate of drug-likeness (QED) is 0.452. The van der Waals surface area contributed by atoms with E-state index in [1.165, 1.54) is 6.42 Å². The lowest BCUT2D eigenvalue weighted by molar-refractivity contribution is -0.303. The molecule has 0 spiro atoms.